The highest BCUT2D eigenvalue weighted by atomic mass is 127. The number of rotatable bonds is 4. The van der Waals surface area contributed by atoms with Crippen molar-refractivity contribution in [1.82, 2.24) is 0 Å². The summed E-state index contributed by atoms with van der Waals surface area (Å²) in [7, 11) is 0. The zero-order valence-corrected chi connectivity index (χ0v) is 15.8. The van der Waals surface area contributed by atoms with Crippen molar-refractivity contribution >= 4 is 22.6 Å². The fourth-order valence-electron chi connectivity index (χ4n) is 6.26. The minimum atomic E-state index is 0.216. The molecule has 1 aromatic rings. The number of hydrogen-bond donors (Lipinski definition) is 0. The van der Waals surface area contributed by atoms with E-state index in [0.29, 0.717) is 0 Å². The van der Waals surface area contributed by atoms with E-state index in [0.717, 1.165) is 23.7 Å². The molecule has 1 heteroatoms. The molecule has 3 fully saturated rings. The average molecular weight is 416 g/mol. The van der Waals surface area contributed by atoms with Gasteiger partial charge >= 0.3 is 0 Å². The average Bonchev–Trinajstić information content (AvgIpc) is 3.27. The van der Waals surface area contributed by atoms with Crippen LogP contribution in [-0.2, 0) is 5.41 Å². The zero-order valence-electron chi connectivity index (χ0n) is 13.6. The van der Waals surface area contributed by atoms with Gasteiger partial charge in [0, 0.05) is 5.41 Å². The summed E-state index contributed by atoms with van der Waals surface area (Å²) in [5.41, 5.74) is 3.22. The molecule has 2 bridgehead atoms. The number of hydrogen-bond acceptors (Lipinski definition) is 0. The van der Waals surface area contributed by atoms with E-state index in [1.54, 1.807) is 0 Å². The van der Waals surface area contributed by atoms with Crippen LogP contribution >= 0.6 is 22.6 Å². The Balaban J connectivity index is 1.86. The van der Waals surface area contributed by atoms with Crippen LogP contribution in [0.4, 0.5) is 0 Å². The fourth-order valence-corrected chi connectivity index (χ4v) is 6.65. The maximum absolute atomic E-state index is 3.99. The summed E-state index contributed by atoms with van der Waals surface area (Å²) in [5, 5.41) is 0. The molecule has 0 spiro atoms. The first-order valence-corrected chi connectivity index (χ1v) is 10.2. The van der Waals surface area contributed by atoms with Crippen LogP contribution in [0.25, 0.3) is 0 Å². The molecule has 120 valence electrons. The summed E-state index contributed by atoms with van der Waals surface area (Å²) in [6.45, 7) is 3.99. The molecular formula is C22H25I. The standard InChI is InChI=1S/C22H25I/c1-2-7-17(12-13-23)22(18-8-4-3-5-9-18)15-16-14-21(22)20-11-6-10-19(16)20/h2-5,7-9,12-13,16,19-21H,1,6,10-11,14-15H2/b13-12-,17-7+. The topological polar surface area (TPSA) is 0 Å². The first kappa shape index (κ1) is 15.7. The van der Waals surface area contributed by atoms with E-state index in [1.807, 2.05) is 6.08 Å². The number of allylic oxidation sites excluding steroid dienone is 4. The Kier molecular flexibility index (Phi) is 4.25. The van der Waals surface area contributed by atoms with Crippen LogP contribution in [0.2, 0.25) is 0 Å². The van der Waals surface area contributed by atoms with E-state index in [4.69, 9.17) is 0 Å². The second kappa shape index (κ2) is 6.23. The zero-order chi connectivity index (χ0) is 15.9. The first-order valence-electron chi connectivity index (χ1n) is 8.96. The Morgan fingerprint density at radius 2 is 1.96 bits per heavy atom. The van der Waals surface area contributed by atoms with Crippen molar-refractivity contribution < 1.29 is 0 Å². The van der Waals surface area contributed by atoms with E-state index in [-0.39, 0.29) is 5.41 Å². The van der Waals surface area contributed by atoms with E-state index in [9.17, 15) is 0 Å². The van der Waals surface area contributed by atoms with Gasteiger partial charge in [0.1, 0.15) is 0 Å². The van der Waals surface area contributed by atoms with Crippen molar-refractivity contribution in [2.75, 3.05) is 0 Å². The Labute approximate surface area is 153 Å². The Morgan fingerprint density at radius 1 is 1.17 bits per heavy atom. The highest BCUT2D eigenvalue weighted by molar-refractivity contribution is 14.1. The van der Waals surface area contributed by atoms with Crippen molar-refractivity contribution in [3.05, 3.63) is 70.4 Å². The summed E-state index contributed by atoms with van der Waals surface area (Å²) in [6.07, 6.45) is 13.8. The SMILES string of the molecule is C=C/C=C(\C=C/I)C1(c2ccccc2)CC2CC1C1CCCC21. The highest BCUT2D eigenvalue weighted by Crippen LogP contribution is 2.68. The maximum Gasteiger partial charge on any atom is 0.0236 e. The number of fused-ring (bicyclic) bond motifs is 5. The molecule has 0 radical (unpaired) electrons. The molecule has 1 aromatic carbocycles. The van der Waals surface area contributed by atoms with Gasteiger partial charge in [-0.25, -0.2) is 0 Å². The van der Waals surface area contributed by atoms with Crippen molar-refractivity contribution in [2.45, 2.75) is 37.5 Å². The smallest absolute Gasteiger partial charge is 0.0236 e. The second-order valence-electron chi connectivity index (χ2n) is 7.55. The van der Waals surface area contributed by atoms with E-state index in [2.05, 4.69) is 75.7 Å². The third-order valence-electron chi connectivity index (χ3n) is 6.87. The van der Waals surface area contributed by atoms with Crippen LogP contribution in [0.15, 0.2) is 64.8 Å². The van der Waals surface area contributed by atoms with Crippen molar-refractivity contribution in [3.8, 4) is 0 Å². The molecule has 0 heterocycles. The molecule has 5 unspecified atom stereocenters. The first-order chi connectivity index (χ1) is 11.3. The molecule has 3 aliphatic carbocycles. The molecule has 0 aromatic heterocycles. The Hall–Kier alpha value is -0.830. The molecule has 3 aliphatic rings. The maximum atomic E-state index is 3.99. The van der Waals surface area contributed by atoms with Crippen LogP contribution in [0.5, 0.6) is 0 Å². The monoisotopic (exact) mass is 416 g/mol. The van der Waals surface area contributed by atoms with Gasteiger partial charge in [-0.05, 0) is 64.6 Å². The van der Waals surface area contributed by atoms with E-state index in [1.165, 1.54) is 43.2 Å². The van der Waals surface area contributed by atoms with Gasteiger partial charge in [-0.2, -0.15) is 0 Å². The molecule has 0 aliphatic heterocycles. The normalized spacial score (nSPS) is 39.1. The lowest BCUT2D eigenvalue weighted by Crippen LogP contribution is -2.40. The van der Waals surface area contributed by atoms with Crippen LogP contribution in [-0.4, -0.2) is 0 Å². The quantitative estimate of drug-likeness (QED) is 0.391. The summed E-state index contributed by atoms with van der Waals surface area (Å²) < 4.78 is 2.18. The predicted octanol–water partition coefficient (Wildman–Crippen LogP) is 6.44. The lowest BCUT2D eigenvalue weighted by molar-refractivity contribution is 0.181. The van der Waals surface area contributed by atoms with Gasteiger partial charge in [0.05, 0.1) is 0 Å². The molecule has 23 heavy (non-hydrogen) atoms. The molecule has 4 rings (SSSR count). The summed E-state index contributed by atoms with van der Waals surface area (Å²) >= 11 is 2.36. The third kappa shape index (κ3) is 2.30. The number of halogens is 1. The molecule has 0 nitrogen and oxygen atoms in total. The molecule has 0 N–H and O–H groups in total. The summed E-state index contributed by atoms with van der Waals surface area (Å²) in [5.74, 6) is 3.72. The highest BCUT2D eigenvalue weighted by Gasteiger charge is 2.61. The number of benzene rings is 1. The predicted molar refractivity (Wildman–Crippen MR) is 107 cm³/mol. The van der Waals surface area contributed by atoms with Gasteiger partial charge in [0.15, 0.2) is 0 Å². The third-order valence-corrected chi connectivity index (χ3v) is 7.22. The lowest BCUT2D eigenvalue weighted by atomic mass is 9.59. The van der Waals surface area contributed by atoms with Crippen LogP contribution in [0.1, 0.15) is 37.7 Å². The minimum absolute atomic E-state index is 0.216. The minimum Gasteiger partial charge on any atom is -0.0991 e. The van der Waals surface area contributed by atoms with Crippen LogP contribution < -0.4 is 0 Å². The molecule has 0 amide bonds. The van der Waals surface area contributed by atoms with Gasteiger partial charge in [-0.1, -0.05) is 84.2 Å². The summed E-state index contributed by atoms with van der Waals surface area (Å²) in [6, 6.07) is 11.3. The van der Waals surface area contributed by atoms with Crippen molar-refractivity contribution in [2.24, 2.45) is 23.7 Å². The van der Waals surface area contributed by atoms with Gasteiger partial charge in [-0.3, -0.25) is 0 Å². The van der Waals surface area contributed by atoms with Gasteiger partial charge in [0.25, 0.3) is 0 Å². The molecule has 3 saturated carbocycles. The second-order valence-corrected chi connectivity index (χ2v) is 8.27. The van der Waals surface area contributed by atoms with Gasteiger partial charge in [0.2, 0.25) is 0 Å². The fraction of sp³-hybridized carbons (Fsp3) is 0.455. The largest absolute Gasteiger partial charge is 0.0991 e. The molecule has 0 saturated heterocycles. The van der Waals surface area contributed by atoms with E-state index >= 15 is 0 Å². The molecular weight excluding hydrogens is 391 g/mol. The van der Waals surface area contributed by atoms with Crippen molar-refractivity contribution in [3.63, 3.8) is 0 Å². The van der Waals surface area contributed by atoms with E-state index < -0.39 is 0 Å². The Morgan fingerprint density at radius 3 is 2.70 bits per heavy atom. The summed E-state index contributed by atoms with van der Waals surface area (Å²) in [4.78, 5) is 0. The lowest BCUT2D eigenvalue weighted by Gasteiger charge is -2.44. The van der Waals surface area contributed by atoms with Gasteiger partial charge < -0.3 is 0 Å². The van der Waals surface area contributed by atoms with Gasteiger partial charge in [-0.15, -0.1) is 0 Å². The molecule has 5 atom stereocenters. The van der Waals surface area contributed by atoms with Crippen molar-refractivity contribution in [1.29, 1.82) is 0 Å². The van der Waals surface area contributed by atoms with Crippen LogP contribution in [0.3, 0.4) is 0 Å². The van der Waals surface area contributed by atoms with Crippen LogP contribution in [0, 0.1) is 23.7 Å². The Bertz CT molecular complexity index is 641.